The lowest BCUT2D eigenvalue weighted by atomic mass is 10.0. The summed E-state index contributed by atoms with van der Waals surface area (Å²) in [5.74, 6) is 0.684. The number of fused-ring (bicyclic) bond motifs is 3. The maximum absolute atomic E-state index is 13.6. The van der Waals surface area contributed by atoms with E-state index >= 15 is 0 Å². The number of carbonyl (C=O) groups is 1. The minimum atomic E-state index is -0.163. The number of piperazine rings is 1. The molecule has 10 nitrogen and oxygen atoms in total. The molecule has 1 aromatic carbocycles. The number of anilines is 1. The molecule has 0 bridgehead atoms. The molecule has 1 amide bonds. The van der Waals surface area contributed by atoms with Crippen molar-refractivity contribution < 1.29 is 9.53 Å². The SMILES string of the molecule is Cc1cc2[nH]c(=O)c3cnn(C4CCOCC4)c3c2cc1C(=O)N1CCN(c2ncccn2)CC1. The van der Waals surface area contributed by atoms with Gasteiger partial charge in [0.05, 0.1) is 28.7 Å². The van der Waals surface area contributed by atoms with E-state index in [2.05, 4.69) is 25.0 Å². The van der Waals surface area contributed by atoms with Crippen LogP contribution in [0.15, 0.2) is 41.6 Å². The van der Waals surface area contributed by atoms with E-state index in [1.54, 1.807) is 24.7 Å². The monoisotopic (exact) mass is 473 g/mol. The number of amides is 1. The fraction of sp³-hybridized carbons (Fsp3) is 0.400. The molecule has 2 aliphatic heterocycles. The Balaban J connectivity index is 1.35. The highest BCUT2D eigenvalue weighted by Crippen LogP contribution is 2.30. The first-order valence-corrected chi connectivity index (χ1v) is 12.0. The minimum absolute atomic E-state index is 0.00508. The van der Waals surface area contributed by atoms with E-state index in [0.29, 0.717) is 56.3 Å². The second-order valence-electron chi connectivity index (χ2n) is 9.19. The van der Waals surface area contributed by atoms with Crippen molar-refractivity contribution in [2.24, 2.45) is 0 Å². The van der Waals surface area contributed by atoms with Crippen LogP contribution in [-0.4, -0.2) is 74.9 Å². The van der Waals surface area contributed by atoms with Crippen LogP contribution in [0.3, 0.4) is 0 Å². The van der Waals surface area contributed by atoms with Crippen LogP contribution < -0.4 is 10.5 Å². The molecule has 0 aliphatic carbocycles. The molecule has 0 atom stereocenters. The predicted octanol–water partition coefficient (Wildman–Crippen LogP) is 2.29. The summed E-state index contributed by atoms with van der Waals surface area (Å²) in [5, 5.41) is 5.97. The highest BCUT2D eigenvalue weighted by Gasteiger charge is 2.26. The average Bonchev–Trinajstić information content (AvgIpc) is 3.35. The first-order chi connectivity index (χ1) is 17.1. The lowest BCUT2D eigenvalue weighted by Gasteiger charge is -2.35. The van der Waals surface area contributed by atoms with Gasteiger partial charge in [0.1, 0.15) is 0 Å². The summed E-state index contributed by atoms with van der Waals surface area (Å²) in [6.45, 7) is 5.81. The molecule has 0 spiro atoms. The summed E-state index contributed by atoms with van der Waals surface area (Å²) >= 11 is 0. The molecule has 1 N–H and O–H groups in total. The molecule has 0 saturated carbocycles. The van der Waals surface area contributed by atoms with Crippen molar-refractivity contribution in [3.63, 3.8) is 0 Å². The quantitative estimate of drug-likeness (QED) is 0.486. The first-order valence-electron chi connectivity index (χ1n) is 12.0. The molecular formula is C25H27N7O3. The van der Waals surface area contributed by atoms with E-state index in [1.165, 1.54) is 0 Å². The van der Waals surface area contributed by atoms with Crippen molar-refractivity contribution in [3.8, 4) is 0 Å². The highest BCUT2D eigenvalue weighted by molar-refractivity contribution is 6.07. The van der Waals surface area contributed by atoms with E-state index < -0.39 is 0 Å². The molecule has 4 aromatic rings. The number of carbonyl (C=O) groups excluding carboxylic acids is 1. The zero-order valence-corrected chi connectivity index (χ0v) is 19.6. The molecule has 180 valence electrons. The van der Waals surface area contributed by atoms with E-state index in [1.807, 2.05) is 28.6 Å². The van der Waals surface area contributed by atoms with Gasteiger partial charge in [-0.2, -0.15) is 5.10 Å². The smallest absolute Gasteiger partial charge is 0.259 e. The highest BCUT2D eigenvalue weighted by atomic mass is 16.5. The van der Waals surface area contributed by atoms with Crippen molar-refractivity contribution in [1.82, 2.24) is 29.6 Å². The van der Waals surface area contributed by atoms with Crippen LogP contribution in [0.4, 0.5) is 5.95 Å². The topological polar surface area (TPSA) is 109 Å². The lowest BCUT2D eigenvalue weighted by Crippen LogP contribution is -2.49. The van der Waals surface area contributed by atoms with Gasteiger partial charge in [0.2, 0.25) is 5.95 Å². The maximum Gasteiger partial charge on any atom is 0.259 e. The molecule has 2 aliphatic rings. The Morgan fingerprint density at radius 3 is 2.54 bits per heavy atom. The van der Waals surface area contributed by atoms with Gasteiger partial charge in [-0.15, -0.1) is 0 Å². The van der Waals surface area contributed by atoms with Gasteiger partial charge in [0, 0.05) is 62.7 Å². The Morgan fingerprint density at radius 2 is 1.80 bits per heavy atom. The third-order valence-electron chi connectivity index (χ3n) is 7.08. The maximum atomic E-state index is 13.6. The number of rotatable bonds is 3. The Bertz CT molecular complexity index is 1450. The second-order valence-corrected chi connectivity index (χ2v) is 9.19. The number of H-pyrrole nitrogens is 1. The number of aromatic nitrogens is 5. The van der Waals surface area contributed by atoms with Crippen LogP contribution >= 0.6 is 0 Å². The molecule has 2 saturated heterocycles. The van der Waals surface area contributed by atoms with Gasteiger partial charge in [0.15, 0.2) is 0 Å². The summed E-state index contributed by atoms with van der Waals surface area (Å²) in [6, 6.07) is 5.79. The first kappa shape index (κ1) is 21.7. The van der Waals surface area contributed by atoms with Crippen molar-refractivity contribution >= 4 is 33.7 Å². The summed E-state index contributed by atoms with van der Waals surface area (Å²) in [4.78, 5) is 42.0. The molecule has 2 fully saturated rings. The number of ether oxygens (including phenoxy) is 1. The number of hydrogen-bond donors (Lipinski definition) is 1. The van der Waals surface area contributed by atoms with E-state index in [4.69, 9.17) is 4.74 Å². The third-order valence-corrected chi connectivity index (χ3v) is 7.08. The fourth-order valence-corrected chi connectivity index (χ4v) is 5.17. The largest absolute Gasteiger partial charge is 0.381 e. The molecular weight excluding hydrogens is 446 g/mol. The molecule has 0 radical (unpaired) electrons. The number of nitrogens with zero attached hydrogens (tertiary/aromatic N) is 6. The van der Waals surface area contributed by atoms with Crippen LogP contribution in [-0.2, 0) is 4.74 Å². The van der Waals surface area contributed by atoms with Crippen LogP contribution in [0.5, 0.6) is 0 Å². The van der Waals surface area contributed by atoms with Crippen LogP contribution in [0.2, 0.25) is 0 Å². The molecule has 6 rings (SSSR count). The minimum Gasteiger partial charge on any atom is -0.381 e. The van der Waals surface area contributed by atoms with Crippen LogP contribution in [0, 0.1) is 6.92 Å². The average molecular weight is 474 g/mol. The Morgan fingerprint density at radius 1 is 1.06 bits per heavy atom. The molecule has 3 aromatic heterocycles. The Labute approximate surface area is 201 Å². The molecule has 35 heavy (non-hydrogen) atoms. The summed E-state index contributed by atoms with van der Waals surface area (Å²) < 4.78 is 7.48. The summed E-state index contributed by atoms with van der Waals surface area (Å²) in [7, 11) is 0. The van der Waals surface area contributed by atoms with Gasteiger partial charge >= 0.3 is 0 Å². The van der Waals surface area contributed by atoms with Crippen molar-refractivity contribution in [3.05, 3.63) is 58.3 Å². The summed E-state index contributed by atoms with van der Waals surface area (Å²) in [6.07, 6.45) is 6.79. The number of aryl methyl sites for hydroxylation is 1. The lowest BCUT2D eigenvalue weighted by molar-refractivity contribution is 0.0675. The number of nitrogens with one attached hydrogen (secondary N) is 1. The zero-order chi connectivity index (χ0) is 23.9. The van der Waals surface area contributed by atoms with E-state index in [9.17, 15) is 9.59 Å². The van der Waals surface area contributed by atoms with E-state index in [0.717, 1.165) is 34.8 Å². The third kappa shape index (κ3) is 3.83. The van der Waals surface area contributed by atoms with Gasteiger partial charge < -0.3 is 19.5 Å². The van der Waals surface area contributed by atoms with Gasteiger partial charge in [-0.25, -0.2) is 9.97 Å². The number of pyridine rings is 1. The van der Waals surface area contributed by atoms with Gasteiger partial charge in [-0.1, -0.05) is 0 Å². The van der Waals surface area contributed by atoms with Gasteiger partial charge in [0.25, 0.3) is 11.5 Å². The number of aromatic amines is 1. The molecule has 0 unspecified atom stereocenters. The van der Waals surface area contributed by atoms with Crippen molar-refractivity contribution in [2.45, 2.75) is 25.8 Å². The van der Waals surface area contributed by atoms with Gasteiger partial charge in [-0.05, 0) is 43.5 Å². The van der Waals surface area contributed by atoms with Crippen molar-refractivity contribution in [1.29, 1.82) is 0 Å². The molecule has 5 heterocycles. The van der Waals surface area contributed by atoms with Crippen LogP contribution in [0.25, 0.3) is 21.8 Å². The second kappa shape index (κ2) is 8.77. The number of hydrogen-bond acceptors (Lipinski definition) is 7. The number of benzene rings is 1. The Kier molecular flexibility index (Phi) is 5.44. The normalized spacial score (nSPS) is 17.4. The van der Waals surface area contributed by atoms with E-state index in [-0.39, 0.29) is 17.5 Å². The molecule has 10 heteroatoms. The zero-order valence-electron chi connectivity index (χ0n) is 19.6. The summed E-state index contributed by atoms with van der Waals surface area (Å²) in [5.41, 5.74) is 2.83. The predicted molar refractivity (Wildman–Crippen MR) is 132 cm³/mol. The van der Waals surface area contributed by atoms with Gasteiger partial charge in [-0.3, -0.25) is 14.3 Å². The van der Waals surface area contributed by atoms with Crippen LogP contribution in [0.1, 0.15) is 34.8 Å². The van der Waals surface area contributed by atoms with Crippen molar-refractivity contribution in [2.75, 3.05) is 44.3 Å². The standard InChI is InChI=1S/C25H27N7O3/c1-16-13-21-19(22-20(23(33)29-21)15-28-32(22)17-3-11-35-12-4-17)14-18(16)24(34)30-7-9-31(10-8-30)25-26-5-2-6-27-25/h2,5-6,13-15,17H,3-4,7-12H2,1H3,(H,29,33). The fourth-order valence-electron chi connectivity index (χ4n) is 5.17. The Hall–Kier alpha value is -3.79.